The van der Waals surface area contributed by atoms with E-state index >= 15 is 0 Å². The lowest BCUT2D eigenvalue weighted by atomic mass is 10.2. The highest BCUT2D eigenvalue weighted by Gasteiger charge is 2.11. The number of nitrogens with two attached hydrogens (primary N) is 1. The molecular weight excluding hydrogens is 244 g/mol. The fourth-order valence-electron chi connectivity index (χ4n) is 1.22. The molecule has 84 valence electrons. The first kappa shape index (κ1) is 11.2. The van der Waals surface area contributed by atoms with Crippen LogP contribution in [0.5, 0.6) is 0 Å². The maximum atomic E-state index is 5.39. The van der Waals surface area contributed by atoms with Crippen molar-refractivity contribution in [2.24, 2.45) is 5.84 Å². The van der Waals surface area contributed by atoms with Gasteiger partial charge in [0.2, 0.25) is 0 Å². The van der Waals surface area contributed by atoms with Gasteiger partial charge in [0.1, 0.15) is 22.7 Å². The first-order chi connectivity index (χ1) is 7.85. The van der Waals surface area contributed by atoms with E-state index in [9.17, 15) is 0 Å². The molecule has 0 aliphatic heterocycles. The monoisotopic (exact) mass is 254 g/mol. The van der Waals surface area contributed by atoms with E-state index in [0.717, 1.165) is 21.3 Å². The van der Waals surface area contributed by atoms with E-state index in [-0.39, 0.29) is 0 Å². The van der Waals surface area contributed by atoms with Crippen LogP contribution in [0, 0.1) is 0 Å². The molecule has 16 heavy (non-hydrogen) atoms. The summed E-state index contributed by atoms with van der Waals surface area (Å²) in [6.07, 6.45) is 2.29. The van der Waals surface area contributed by atoms with Crippen LogP contribution in [0.25, 0.3) is 0 Å². The fourth-order valence-corrected chi connectivity index (χ4v) is 2.77. The van der Waals surface area contributed by atoms with E-state index in [1.54, 1.807) is 5.51 Å². The fraction of sp³-hybridized carbons (Fsp3) is 0.250. The van der Waals surface area contributed by atoms with Crippen molar-refractivity contribution in [3.05, 3.63) is 17.4 Å². The Morgan fingerprint density at radius 2 is 2.38 bits per heavy atom. The number of nitrogen functional groups attached to an aromatic ring is 1. The van der Waals surface area contributed by atoms with Crippen LogP contribution in [-0.4, -0.2) is 20.2 Å². The Bertz CT molecular complexity index is 458. The number of nitrogens with one attached hydrogen (secondary N) is 1. The maximum absolute atomic E-state index is 5.39. The largest absolute Gasteiger partial charge is 0.308 e. The molecule has 0 radical (unpaired) electrons. The van der Waals surface area contributed by atoms with Crippen molar-refractivity contribution in [1.29, 1.82) is 0 Å². The van der Waals surface area contributed by atoms with Gasteiger partial charge in [0.25, 0.3) is 0 Å². The molecule has 0 fully saturated rings. The van der Waals surface area contributed by atoms with Crippen LogP contribution >= 0.6 is 23.1 Å². The molecule has 2 aromatic rings. The van der Waals surface area contributed by atoms with E-state index < -0.39 is 0 Å². The molecule has 2 aromatic heterocycles. The van der Waals surface area contributed by atoms with Crippen molar-refractivity contribution in [1.82, 2.24) is 20.2 Å². The molecule has 8 heteroatoms. The average molecular weight is 254 g/mol. The Balaban J connectivity index is 2.33. The maximum Gasteiger partial charge on any atom is 0.180 e. The van der Waals surface area contributed by atoms with Gasteiger partial charge >= 0.3 is 0 Å². The predicted molar refractivity (Wildman–Crippen MR) is 63.3 cm³/mol. The van der Waals surface area contributed by atoms with Crippen molar-refractivity contribution < 1.29 is 0 Å². The molecule has 6 nitrogen and oxygen atoms in total. The second-order valence-corrected chi connectivity index (χ2v) is 4.88. The summed E-state index contributed by atoms with van der Waals surface area (Å²) < 4.78 is 0.858. The van der Waals surface area contributed by atoms with Gasteiger partial charge in [-0.25, -0.2) is 15.8 Å². The average Bonchev–Trinajstić information content (AvgIpc) is 2.81. The van der Waals surface area contributed by atoms with Gasteiger partial charge in [0.05, 0.1) is 0 Å². The number of hydrogen-bond donors (Lipinski definition) is 2. The zero-order chi connectivity index (χ0) is 11.4. The lowest BCUT2D eigenvalue weighted by molar-refractivity contribution is 0.935. The molecule has 0 unspecified atom stereocenters. The predicted octanol–water partition coefficient (Wildman–Crippen LogP) is 1.33. The summed E-state index contributed by atoms with van der Waals surface area (Å²) >= 11 is 2.95. The van der Waals surface area contributed by atoms with Crippen LogP contribution in [-0.2, 0) is 6.42 Å². The number of hydrogen-bond acceptors (Lipinski definition) is 8. The number of nitrogens with zero attached hydrogens (tertiary/aromatic N) is 4. The molecule has 0 saturated carbocycles. The normalized spacial score (nSPS) is 10.4. The van der Waals surface area contributed by atoms with Crippen molar-refractivity contribution in [2.45, 2.75) is 22.7 Å². The van der Waals surface area contributed by atoms with E-state index in [0.29, 0.717) is 5.82 Å². The minimum Gasteiger partial charge on any atom is -0.308 e. The summed E-state index contributed by atoms with van der Waals surface area (Å²) in [5.74, 6) is 6.05. The van der Waals surface area contributed by atoms with Crippen LogP contribution < -0.4 is 11.3 Å². The third-order valence-electron chi connectivity index (χ3n) is 1.92. The zero-order valence-electron chi connectivity index (χ0n) is 8.54. The van der Waals surface area contributed by atoms with Crippen LogP contribution in [0.3, 0.4) is 0 Å². The molecule has 0 spiro atoms. The van der Waals surface area contributed by atoms with E-state index in [1.165, 1.54) is 29.4 Å². The van der Waals surface area contributed by atoms with Crippen molar-refractivity contribution in [2.75, 3.05) is 5.43 Å². The SMILES string of the molecule is CCc1c(NN)ncnc1Sc1nncs1. The summed E-state index contributed by atoms with van der Waals surface area (Å²) in [6.45, 7) is 2.03. The smallest absolute Gasteiger partial charge is 0.180 e. The zero-order valence-corrected chi connectivity index (χ0v) is 10.2. The van der Waals surface area contributed by atoms with Gasteiger partial charge in [-0.15, -0.1) is 10.2 Å². The number of aromatic nitrogens is 4. The molecule has 0 aromatic carbocycles. The summed E-state index contributed by atoms with van der Waals surface area (Å²) in [4.78, 5) is 8.29. The standard InChI is InChI=1S/C8H10N6S2/c1-2-5-6(13-9)10-3-11-7(5)16-8-14-12-4-15-8/h3-4H,2,9H2,1H3,(H,10,11,13). The van der Waals surface area contributed by atoms with Crippen LogP contribution in [0.4, 0.5) is 5.82 Å². The number of anilines is 1. The highest BCUT2D eigenvalue weighted by Crippen LogP contribution is 2.31. The highest BCUT2D eigenvalue weighted by atomic mass is 32.2. The Kier molecular flexibility index (Phi) is 3.65. The number of rotatable bonds is 4. The first-order valence-electron chi connectivity index (χ1n) is 4.59. The van der Waals surface area contributed by atoms with Gasteiger partial charge < -0.3 is 5.43 Å². The minimum absolute atomic E-state index is 0.657. The Labute approximate surface area is 101 Å². The Morgan fingerprint density at radius 3 is 3.00 bits per heavy atom. The van der Waals surface area contributed by atoms with Gasteiger partial charge in [-0.1, -0.05) is 18.3 Å². The van der Waals surface area contributed by atoms with Gasteiger partial charge in [-0.3, -0.25) is 0 Å². The van der Waals surface area contributed by atoms with Crippen molar-refractivity contribution in [3.63, 3.8) is 0 Å². The van der Waals surface area contributed by atoms with E-state index in [2.05, 4.69) is 25.6 Å². The quantitative estimate of drug-likeness (QED) is 0.483. The highest BCUT2D eigenvalue weighted by molar-refractivity contribution is 8.01. The number of hydrazine groups is 1. The molecule has 0 aliphatic carbocycles. The molecule has 3 N–H and O–H groups in total. The molecule has 0 bridgehead atoms. The molecule has 0 aliphatic rings. The van der Waals surface area contributed by atoms with Gasteiger partial charge in [0, 0.05) is 5.56 Å². The topological polar surface area (TPSA) is 89.6 Å². The van der Waals surface area contributed by atoms with Crippen LogP contribution in [0.2, 0.25) is 0 Å². The van der Waals surface area contributed by atoms with Gasteiger partial charge in [-0.2, -0.15) is 0 Å². The summed E-state index contributed by atoms with van der Waals surface area (Å²) in [5.41, 5.74) is 5.25. The molecule has 0 atom stereocenters. The van der Waals surface area contributed by atoms with Crippen LogP contribution in [0.15, 0.2) is 21.2 Å². The van der Waals surface area contributed by atoms with E-state index in [4.69, 9.17) is 5.84 Å². The van der Waals surface area contributed by atoms with Crippen molar-refractivity contribution >= 4 is 28.9 Å². The minimum atomic E-state index is 0.657. The van der Waals surface area contributed by atoms with Crippen LogP contribution in [0.1, 0.15) is 12.5 Å². The van der Waals surface area contributed by atoms with Gasteiger partial charge in [0.15, 0.2) is 4.34 Å². The third kappa shape index (κ3) is 2.29. The molecule has 2 rings (SSSR count). The Hall–Kier alpha value is -1.25. The van der Waals surface area contributed by atoms with Crippen molar-refractivity contribution in [3.8, 4) is 0 Å². The second-order valence-electron chi connectivity index (χ2n) is 2.81. The molecule has 0 amide bonds. The molecule has 0 saturated heterocycles. The lowest BCUT2D eigenvalue weighted by Gasteiger charge is -2.08. The lowest BCUT2D eigenvalue weighted by Crippen LogP contribution is -2.12. The summed E-state index contributed by atoms with van der Waals surface area (Å²) in [7, 11) is 0. The molecular formula is C8H10N6S2. The Morgan fingerprint density at radius 1 is 1.50 bits per heavy atom. The summed E-state index contributed by atoms with van der Waals surface area (Å²) in [6, 6.07) is 0. The second kappa shape index (κ2) is 5.19. The van der Waals surface area contributed by atoms with Gasteiger partial charge in [-0.05, 0) is 18.2 Å². The summed E-state index contributed by atoms with van der Waals surface area (Å²) in [5, 5.41) is 8.61. The molecule has 2 heterocycles. The van der Waals surface area contributed by atoms with E-state index in [1.807, 2.05) is 6.92 Å². The third-order valence-corrected chi connectivity index (χ3v) is 3.74. The first-order valence-corrected chi connectivity index (χ1v) is 6.29.